The van der Waals surface area contributed by atoms with Gasteiger partial charge in [-0.1, -0.05) is 6.92 Å². The molecular formula is C9H14N2S. The molecule has 0 aliphatic rings. The zero-order valence-electron chi connectivity index (χ0n) is 7.12. The van der Waals surface area contributed by atoms with Crippen molar-refractivity contribution in [3.05, 3.63) is 24.3 Å². The van der Waals surface area contributed by atoms with Crippen molar-refractivity contribution in [2.45, 2.75) is 12.2 Å². The second-order valence-electron chi connectivity index (χ2n) is 2.85. The van der Waals surface area contributed by atoms with Crippen molar-refractivity contribution in [3.63, 3.8) is 0 Å². The van der Waals surface area contributed by atoms with Crippen LogP contribution in [0.2, 0.25) is 0 Å². The maximum Gasteiger partial charge on any atom is 0.0342 e. The fourth-order valence-electron chi connectivity index (χ4n) is 0.867. The van der Waals surface area contributed by atoms with Crippen LogP contribution in [0.15, 0.2) is 24.3 Å². The molecule has 1 unspecified atom stereocenters. The third-order valence-corrected chi connectivity index (χ3v) is 1.69. The van der Waals surface area contributed by atoms with Gasteiger partial charge in [0.25, 0.3) is 0 Å². The van der Waals surface area contributed by atoms with Crippen LogP contribution in [0.3, 0.4) is 0 Å². The number of nitrogen functional groups attached to an aromatic ring is 1. The predicted octanol–water partition coefficient (Wildman–Crippen LogP) is 2.00. The minimum atomic E-state index is 0.363. The highest BCUT2D eigenvalue weighted by Crippen LogP contribution is 2.10. The summed E-state index contributed by atoms with van der Waals surface area (Å²) >= 11 is 4.26. The van der Waals surface area contributed by atoms with Gasteiger partial charge in [-0.25, -0.2) is 0 Å². The highest BCUT2D eigenvalue weighted by atomic mass is 32.1. The third-order valence-electron chi connectivity index (χ3n) is 1.51. The van der Waals surface area contributed by atoms with E-state index in [-0.39, 0.29) is 0 Å². The Morgan fingerprint density at radius 1 is 1.42 bits per heavy atom. The Balaban J connectivity index is 2.48. The van der Waals surface area contributed by atoms with Crippen LogP contribution in [0, 0.1) is 0 Å². The molecule has 3 heteroatoms. The molecule has 0 fully saturated rings. The van der Waals surface area contributed by atoms with Crippen molar-refractivity contribution in [3.8, 4) is 0 Å². The molecule has 1 atom stereocenters. The van der Waals surface area contributed by atoms with Crippen LogP contribution in [-0.2, 0) is 0 Å². The van der Waals surface area contributed by atoms with E-state index in [1.807, 2.05) is 31.2 Å². The Morgan fingerprint density at radius 2 is 2.00 bits per heavy atom. The van der Waals surface area contributed by atoms with Gasteiger partial charge in [-0.2, -0.15) is 12.6 Å². The lowest BCUT2D eigenvalue weighted by atomic mass is 10.3. The Morgan fingerprint density at radius 3 is 2.50 bits per heavy atom. The number of anilines is 2. The summed E-state index contributed by atoms with van der Waals surface area (Å²) in [6, 6.07) is 7.69. The van der Waals surface area contributed by atoms with E-state index in [1.165, 1.54) is 0 Å². The summed E-state index contributed by atoms with van der Waals surface area (Å²) < 4.78 is 0. The van der Waals surface area contributed by atoms with Crippen LogP contribution >= 0.6 is 12.6 Å². The summed E-state index contributed by atoms with van der Waals surface area (Å²) in [5, 5.41) is 3.60. The number of hydrogen-bond donors (Lipinski definition) is 3. The summed E-state index contributed by atoms with van der Waals surface area (Å²) in [7, 11) is 0. The van der Waals surface area contributed by atoms with Gasteiger partial charge in [-0.3, -0.25) is 0 Å². The molecule has 0 aromatic heterocycles. The Bertz CT molecular complexity index is 231. The van der Waals surface area contributed by atoms with Gasteiger partial charge in [0.2, 0.25) is 0 Å². The molecule has 3 N–H and O–H groups in total. The van der Waals surface area contributed by atoms with Crippen LogP contribution in [0.1, 0.15) is 6.92 Å². The van der Waals surface area contributed by atoms with Gasteiger partial charge in [-0.05, 0) is 24.3 Å². The van der Waals surface area contributed by atoms with Crippen molar-refractivity contribution in [1.29, 1.82) is 0 Å². The van der Waals surface area contributed by atoms with Gasteiger partial charge >= 0.3 is 0 Å². The Hall–Kier alpha value is -0.830. The molecule has 12 heavy (non-hydrogen) atoms. The molecule has 0 bridgehead atoms. The zero-order chi connectivity index (χ0) is 8.97. The summed E-state index contributed by atoms with van der Waals surface area (Å²) in [6.07, 6.45) is 0. The first-order chi connectivity index (χ1) is 5.68. The van der Waals surface area contributed by atoms with Crippen molar-refractivity contribution < 1.29 is 0 Å². The van der Waals surface area contributed by atoms with E-state index in [0.717, 1.165) is 17.9 Å². The lowest BCUT2D eigenvalue weighted by molar-refractivity contribution is 1.01. The second-order valence-corrected chi connectivity index (χ2v) is 3.73. The lowest BCUT2D eigenvalue weighted by Gasteiger charge is -2.07. The minimum Gasteiger partial charge on any atom is -0.399 e. The standard InChI is InChI=1S/C9H14N2S/c1-7(12)6-11-9-4-2-8(10)3-5-9/h2-5,7,11-12H,6,10H2,1H3. The first-order valence-electron chi connectivity index (χ1n) is 3.96. The predicted molar refractivity (Wildman–Crippen MR) is 57.8 cm³/mol. The molecule has 0 saturated carbocycles. The van der Waals surface area contributed by atoms with Crippen LogP contribution in [0.5, 0.6) is 0 Å². The van der Waals surface area contributed by atoms with Crippen LogP contribution < -0.4 is 11.1 Å². The third kappa shape index (κ3) is 3.05. The Kier molecular flexibility index (Phi) is 3.29. The largest absolute Gasteiger partial charge is 0.399 e. The highest BCUT2D eigenvalue weighted by molar-refractivity contribution is 7.80. The molecule has 1 aromatic carbocycles. The number of benzene rings is 1. The van der Waals surface area contributed by atoms with Gasteiger partial charge in [0.05, 0.1) is 0 Å². The molecule has 0 heterocycles. The molecule has 0 spiro atoms. The number of thiol groups is 1. The highest BCUT2D eigenvalue weighted by Gasteiger charge is 1.94. The molecule has 0 aliphatic carbocycles. The summed E-state index contributed by atoms with van der Waals surface area (Å²) in [5.74, 6) is 0. The zero-order valence-corrected chi connectivity index (χ0v) is 8.01. The van der Waals surface area contributed by atoms with Gasteiger partial charge < -0.3 is 11.1 Å². The number of hydrogen-bond acceptors (Lipinski definition) is 3. The minimum absolute atomic E-state index is 0.363. The second kappa shape index (κ2) is 4.26. The van der Waals surface area contributed by atoms with E-state index >= 15 is 0 Å². The smallest absolute Gasteiger partial charge is 0.0342 e. The first kappa shape index (κ1) is 9.26. The lowest BCUT2D eigenvalue weighted by Crippen LogP contribution is -2.10. The average Bonchev–Trinajstić information content (AvgIpc) is 2.03. The number of rotatable bonds is 3. The fraction of sp³-hybridized carbons (Fsp3) is 0.333. The fourth-order valence-corrected chi connectivity index (χ4v) is 0.958. The van der Waals surface area contributed by atoms with Gasteiger partial charge in [0.15, 0.2) is 0 Å². The van der Waals surface area contributed by atoms with Gasteiger partial charge in [0.1, 0.15) is 0 Å². The van der Waals surface area contributed by atoms with Crippen molar-refractivity contribution >= 4 is 24.0 Å². The molecule has 0 saturated heterocycles. The van der Waals surface area contributed by atoms with Crippen molar-refractivity contribution in [2.75, 3.05) is 17.6 Å². The quantitative estimate of drug-likeness (QED) is 0.494. The summed E-state index contributed by atoms with van der Waals surface area (Å²) in [6.45, 7) is 2.92. The van der Waals surface area contributed by atoms with Crippen molar-refractivity contribution in [1.82, 2.24) is 0 Å². The normalized spacial score (nSPS) is 12.5. The van der Waals surface area contributed by atoms with E-state index in [2.05, 4.69) is 17.9 Å². The van der Waals surface area contributed by atoms with Gasteiger partial charge in [-0.15, -0.1) is 0 Å². The molecule has 0 amide bonds. The maximum absolute atomic E-state index is 5.54. The topological polar surface area (TPSA) is 38.0 Å². The van der Waals surface area contributed by atoms with Crippen molar-refractivity contribution in [2.24, 2.45) is 0 Å². The number of nitrogens with one attached hydrogen (secondary N) is 1. The molecule has 66 valence electrons. The molecule has 2 nitrogen and oxygen atoms in total. The molecule has 0 aliphatic heterocycles. The van der Waals surface area contributed by atoms with E-state index in [9.17, 15) is 0 Å². The van der Waals surface area contributed by atoms with Crippen LogP contribution in [0.25, 0.3) is 0 Å². The van der Waals surface area contributed by atoms with Crippen LogP contribution in [0.4, 0.5) is 11.4 Å². The van der Waals surface area contributed by atoms with E-state index in [1.54, 1.807) is 0 Å². The first-order valence-corrected chi connectivity index (χ1v) is 4.47. The molecule has 1 rings (SSSR count). The monoisotopic (exact) mass is 182 g/mol. The number of nitrogens with two attached hydrogens (primary N) is 1. The summed E-state index contributed by atoms with van der Waals surface area (Å²) in [4.78, 5) is 0. The van der Waals surface area contributed by atoms with Gasteiger partial charge in [0, 0.05) is 23.2 Å². The van der Waals surface area contributed by atoms with E-state index < -0.39 is 0 Å². The maximum atomic E-state index is 5.54. The molecule has 1 aromatic rings. The SMILES string of the molecule is CC(S)CNc1ccc(N)cc1. The van der Waals surface area contributed by atoms with E-state index in [4.69, 9.17) is 5.73 Å². The molecule has 0 radical (unpaired) electrons. The molecular weight excluding hydrogens is 168 g/mol. The summed E-state index contributed by atoms with van der Waals surface area (Å²) in [5.41, 5.74) is 7.42. The average molecular weight is 182 g/mol. The Labute approximate surface area is 78.6 Å². The van der Waals surface area contributed by atoms with Crippen LogP contribution in [-0.4, -0.2) is 11.8 Å². The van der Waals surface area contributed by atoms with E-state index in [0.29, 0.717) is 5.25 Å².